The molecule has 2 aromatic rings. The molecule has 21 heavy (non-hydrogen) atoms. The molecule has 5 heteroatoms. The van der Waals surface area contributed by atoms with Gasteiger partial charge < -0.3 is 21.5 Å². The zero-order valence-electron chi connectivity index (χ0n) is 12.1. The lowest BCUT2D eigenvalue weighted by Gasteiger charge is -2.18. The van der Waals surface area contributed by atoms with Gasteiger partial charge in [-0.15, -0.1) is 0 Å². The molecule has 0 saturated heterocycles. The number of carboxylic acid groups (broad SMARTS) is 1. The number of rotatable bonds is 5. The molecule has 5 N–H and O–H groups in total. The van der Waals surface area contributed by atoms with Gasteiger partial charge in [-0.25, -0.2) is 4.79 Å². The third-order valence-corrected chi connectivity index (χ3v) is 3.37. The van der Waals surface area contributed by atoms with Gasteiger partial charge in [-0.3, -0.25) is 0 Å². The molecule has 0 fully saturated rings. The number of nitrogens with one attached hydrogen (secondary N) is 2. The van der Waals surface area contributed by atoms with Crippen LogP contribution in [0.15, 0.2) is 42.5 Å². The van der Waals surface area contributed by atoms with E-state index in [0.717, 1.165) is 16.9 Å². The van der Waals surface area contributed by atoms with Gasteiger partial charge in [0.05, 0.1) is 16.9 Å². The van der Waals surface area contributed by atoms with Crippen LogP contribution in [0.25, 0.3) is 0 Å². The molecule has 0 aliphatic carbocycles. The fourth-order valence-corrected chi connectivity index (χ4v) is 2.08. The van der Waals surface area contributed by atoms with Crippen molar-refractivity contribution in [2.75, 3.05) is 23.4 Å². The van der Waals surface area contributed by atoms with Crippen LogP contribution in [0.2, 0.25) is 0 Å². The third kappa shape index (κ3) is 3.45. The van der Waals surface area contributed by atoms with E-state index in [4.69, 9.17) is 10.8 Å². The Morgan fingerprint density at radius 2 is 1.86 bits per heavy atom. The summed E-state index contributed by atoms with van der Waals surface area (Å²) in [4.78, 5) is 10.9. The van der Waals surface area contributed by atoms with Crippen LogP contribution in [0.3, 0.4) is 0 Å². The van der Waals surface area contributed by atoms with E-state index in [2.05, 4.69) is 10.6 Å². The summed E-state index contributed by atoms with van der Waals surface area (Å²) in [6.45, 7) is 2.03. The third-order valence-electron chi connectivity index (χ3n) is 3.37. The molecular weight excluding hydrogens is 266 g/mol. The van der Waals surface area contributed by atoms with Gasteiger partial charge in [-0.05, 0) is 42.8 Å². The minimum Gasteiger partial charge on any atom is -0.478 e. The average molecular weight is 285 g/mol. The summed E-state index contributed by atoms with van der Waals surface area (Å²) in [6, 6.07) is 12.8. The molecule has 110 valence electrons. The fourth-order valence-electron chi connectivity index (χ4n) is 2.08. The van der Waals surface area contributed by atoms with E-state index in [1.807, 2.05) is 38.2 Å². The number of hydrogen-bond donors (Lipinski definition) is 4. The Labute approximate surface area is 123 Å². The van der Waals surface area contributed by atoms with Crippen LogP contribution in [0.1, 0.15) is 28.9 Å². The van der Waals surface area contributed by atoms with Crippen molar-refractivity contribution >= 4 is 23.0 Å². The van der Waals surface area contributed by atoms with Crippen molar-refractivity contribution in [3.63, 3.8) is 0 Å². The van der Waals surface area contributed by atoms with Gasteiger partial charge in [0.1, 0.15) is 0 Å². The first-order chi connectivity index (χ1) is 10.0. The number of anilines is 3. The van der Waals surface area contributed by atoms with Crippen molar-refractivity contribution in [3.8, 4) is 0 Å². The monoisotopic (exact) mass is 285 g/mol. The number of carboxylic acids is 1. The van der Waals surface area contributed by atoms with Crippen molar-refractivity contribution in [2.24, 2.45) is 0 Å². The quantitative estimate of drug-likeness (QED) is 0.634. The number of hydrogen-bond acceptors (Lipinski definition) is 4. The van der Waals surface area contributed by atoms with Crippen molar-refractivity contribution in [3.05, 3.63) is 53.6 Å². The molecule has 2 aromatic carbocycles. The molecule has 1 atom stereocenters. The van der Waals surface area contributed by atoms with Crippen molar-refractivity contribution < 1.29 is 9.90 Å². The van der Waals surface area contributed by atoms with E-state index in [-0.39, 0.29) is 11.6 Å². The van der Waals surface area contributed by atoms with Crippen molar-refractivity contribution in [2.45, 2.75) is 13.0 Å². The lowest BCUT2D eigenvalue weighted by atomic mass is 10.1. The lowest BCUT2D eigenvalue weighted by Crippen LogP contribution is -2.09. The molecule has 1 unspecified atom stereocenters. The molecular formula is C16H19N3O2. The Balaban J connectivity index is 2.14. The number of nitrogens with two attached hydrogens (primary N) is 1. The summed E-state index contributed by atoms with van der Waals surface area (Å²) in [5.41, 5.74) is 9.40. The lowest BCUT2D eigenvalue weighted by molar-refractivity contribution is 0.0697. The summed E-state index contributed by atoms with van der Waals surface area (Å²) in [5.74, 6) is -0.982. The second-order valence-corrected chi connectivity index (χ2v) is 4.85. The van der Waals surface area contributed by atoms with E-state index in [0.29, 0.717) is 5.69 Å². The van der Waals surface area contributed by atoms with Crippen LogP contribution in [-0.4, -0.2) is 18.1 Å². The number of aromatic carboxylic acids is 1. The molecule has 0 aliphatic heterocycles. The molecule has 0 amide bonds. The Morgan fingerprint density at radius 1 is 1.19 bits per heavy atom. The molecule has 0 radical (unpaired) electrons. The predicted octanol–water partition coefficient (Wildman–Crippen LogP) is 3.18. The molecule has 0 aliphatic rings. The normalized spacial score (nSPS) is 11.7. The molecule has 0 aromatic heterocycles. The largest absolute Gasteiger partial charge is 0.478 e. The van der Waals surface area contributed by atoms with Crippen LogP contribution in [0.5, 0.6) is 0 Å². The Kier molecular flexibility index (Phi) is 4.33. The maximum atomic E-state index is 10.9. The minimum atomic E-state index is -0.982. The standard InChI is InChI=1S/C16H19N3O2/c1-10(11-3-6-13(18-2)7-4-11)19-15-8-5-12(16(20)21)9-14(15)17/h3-10,18-19H,17H2,1-2H3,(H,20,21). The van der Waals surface area contributed by atoms with E-state index < -0.39 is 5.97 Å². The summed E-state index contributed by atoms with van der Waals surface area (Å²) in [6.07, 6.45) is 0. The summed E-state index contributed by atoms with van der Waals surface area (Å²) < 4.78 is 0. The average Bonchev–Trinajstić information content (AvgIpc) is 2.49. The van der Waals surface area contributed by atoms with E-state index in [9.17, 15) is 4.79 Å². The zero-order valence-corrected chi connectivity index (χ0v) is 12.1. The smallest absolute Gasteiger partial charge is 0.335 e. The SMILES string of the molecule is CNc1ccc(C(C)Nc2ccc(C(=O)O)cc2N)cc1. The summed E-state index contributed by atoms with van der Waals surface area (Å²) in [5, 5.41) is 15.3. The molecule has 0 saturated carbocycles. The number of benzene rings is 2. The molecule has 2 rings (SSSR count). The highest BCUT2D eigenvalue weighted by molar-refractivity contribution is 5.90. The minimum absolute atomic E-state index is 0.0638. The maximum Gasteiger partial charge on any atom is 0.335 e. The Morgan fingerprint density at radius 3 is 2.38 bits per heavy atom. The highest BCUT2D eigenvalue weighted by atomic mass is 16.4. The fraction of sp³-hybridized carbons (Fsp3) is 0.188. The molecule has 0 spiro atoms. The van der Waals surface area contributed by atoms with Crippen LogP contribution in [0, 0.1) is 0 Å². The van der Waals surface area contributed by atoms with Crippen LogP contribution < -0.4 is 16.4 Å². The number of nitrogen functional groups attached to an aromatic ring is 1. The molecule has 0 bridgehead atoms. The van der Waals surface area contributed by atoms with Gasteiger partial charge in [0.2, 0.25) is 0 Å². The van der Waals surface area contributed by atoms with Gasteiger partial charge in [0.15, 0.2) is 0 Å². The van der Waals surface area contributed by atoms with Crippen molar-refractivity contribution in [1.29, 1.82) is 0 Å². The first-order valence-electron chi connectivity index (χ1n) is 6.68. The van der Waals surface area contributed by atoms with Gasteiger partial charge in [-0.1, -0.05) is 12.1 Å². The van der Waals surface area contributed by atoms with E-state index >= 15 is 0 Å². The first kappa shape index (κ1) is 14.7. The molecule has 5 nitrogen and oxygen atoms in total. The highest BCUT2D eigenvalue weighted by Gasteiger charge is 2.10. The van der Waals surface area contributed by atoms with Crippen molar-refractivity contribution in [1.82, 2.24) is 0 Å². The van der Waals surface area contributed by atoms with Crippen LogP contribution >= 0.6 is 0 Å². The van der Waals surface area contributed by atoms with Crippen LogP contribution in [0.4, 0.5) is 17.1 Å². The second kappa shape index (κ2) is 6.17. The van der Waals surface area contributed by atoms with E-state index in [1.54, 1.807) is 6.07 Å². The predicted molar refractivity (Wildman–Crippen MR) is 85.8 cm³/mol. The maximum absolute atomic E-state index is 10.9. The van der Waals surface area contributed by atoms with Crippen LogP contribution in [-0.2, 0) is 0 Å². The second-order valence-electron chi connectivity index (χ2n) is 4.85. The topological polar surface area (TPSA) is 87.4 Å². The Bertz CT molecular complexity index is 638. The molecule has 0 heterocycles. The van der Waals surface area contributed by atoms with Gasteiger partial charge in [0.25, 0.3) is 0 Å². The van der Waals surface area contributed by atoms with E-state index in [1.165, 1.54) is 12.1 Å². The highest BCUT2D eigenvalue weighted by Crippen LogP contribution is 2.26. The first-order valence-corrected chi connectivity index (χ1v) is 6.68. The zero-order chi connectivity index (χ0) is 15.4. The van der Waals surface area contributed by atoms with Gasteiger partial charge in [-0.2, -0.15) is 0 Å². The summed E-state index contributed by atoms with van der Waals surface area (Å²) in [7, 11) is 1.88. The summed E-state index contributed by atoms with van der Waals surface area (Å²) >= 11 is 0. The van der Waals surface area contributed by atoms with Gasteiger partial charge >= 0.3 is 5.97 Å². The Hall–Kier alpha value is -2.69. The number of carbonyl (C=O) groups is 1. The van der Waals surface area contributed by atoms with Gasteiger partial charge in [0, 0.05) is 18.8 Å².